The highest BCUT2D eigenvalue weighted by Gasteiger charge is 2.28. The number of benzene rings is 2. The highest BCUT2D eigenvalue weighted by atomic mass is 35.5. The maximum absolute atomic E-state index is 13.4. The molecule has 3 heterocycles. The molecule has 1 aliphatic carbocycles. The summed E-state index contributed by atoms with van der Waals surface area (Å²) in [5, 5.41) is 10.3. The standard InChI is InChI=1S/C32H33ClN6O2/c33-27-20-34-32-36-25-8-4-7-22(17-25)9-10-24-19-26(35-30(27)38-32)11-12-28(24)37-31(41)23-13-15-39(16-14-23)29(40)18-21-5-2-1-3-6-21/h1-8,11-12,19-20,22-23H,9-10,13-18H2,(H,37,41)(H2,34,35,36,38). The summed E-state index contributed by atoms with van der Waals surface area (Å²) in [6.45, 7) is 1.19. The van der Waals surface area contributed by atoms with Crippen molar-refractivity contribution in [1.82, 2.24) is 14.9 Å². The Hall–Kier alpha value is -4.17. The Morgan fingerprint density at radius 3 is 2.71 bits per heavy atom. The van der Waals surface area contributed by atoms with Crippen LogP contribution in [0.25, 0.3) is 0 Å². The van der Waals surface area contributed by atoms with E-state index in [1.807, 2.05) is 53.4 Å². The normalized spacial score (nSPS) is 18.5. The fourth-order valence-corrected chi connectivity index (χ4v) is 5.82. The largest absolute Gasteiger partial charge is 0.342 e. The van der Waals surface area contributed by atoms with Gasteiger partial charge in [0.2, 0.25) is 17.8 Å². The zero-order valence-corrected chi connectivity index (χ0v) is 23.5. The molecule has 8 nitrogen and oxygen atoms in total. The molecule has 0 spiro atoms. The number of nitrogens with zero attached hydrogens (tertiary/aromatic N) is 3. The molecule has 1 unspecified atom stereocenters. The fourth-order valence-electron chi connectivity index (χ4n) is 5.68. The van der Waals surface area contributed by atoms with Crippen LogP contribution in [0.2, 0.25) is 5.02 Å². The molecule has 210 valence electrons. The number of hydrogen-bond acceptors (Lipinski definition) is 6. The Labute approximate surface area is 244 Å². The molecule has 1 fully saturated rings. The lowest BCUT2D eigenvalue weighted by Gasteiger charge is -2.31. The summed E-state index contributed by atoms with van der Waals surface area (Å²) in [5.41, 5.74) is 4.78. The Balaban J connectivity index is 1.14. The average molecular weight is 569 g/mol. The van der Waals surface area contributed by atoms with E-state index in [9.17, 15) is 9.59 Å². The quantitative estimate of drug-likeness (QED) is 0.351. The van der Waals surface area contributed by atoms with E-state index in [2.05, 4.69) is 44.1 Å². The van der Waals surface area contributed by atoms with Gasteiger partial charge in [0.1, 0.15) is 5.02 Å². The smallest absolute Gasteiger partial charge is 0.228 e. The molecule has 1 aromatic heterocycles. The van der Waals surface area contributed by atoms with E-state index < -0.39 is 0 Å². The molecule has 6 bridgehead atoms. The second kappa shape index (κ2) is 12.1. The summed E-state index contributed by atoms with van der Waals surface area (Å²) >= 11 is 6.40. The van der Waals surface area contributed by atoms with Crippen molar-refractivity contribution in [1.29, 1.82) is 0 Å². The number of carbonyl (C=O) groups excluding carboxylic acids is 2. The molecule has 41 heavy (non-hydrogen) atoms. The number of fused-ring (bicyclic) bond motifs is 6. The molecular formula is C32H33ClN6O2. The Bertz CT molecular complexity index is 1500. The first kappa shape index (κ1) is 27.0. The minimum atomic E-state index is -0.131. The van der Waals surface area contributed by atoms with E-state index in [0.29, 0.717) is 55.1 Å². The summed E-state index contributed by atoms with van der Waals surface area (Å²) in [6, 6.07) is 15.7. The molecule has 3 aliphatic rings. The Morgan fingerprint density at radius 2 is 1.88 bits per heavy atom. The SMILES string of the molecule is O=C(Nc1ccc2cc1CCC1C=CC=C(C1)Nc1ncc(Cl)c(n1)N2)C1CCN(C(=O)Cc2ccccc2)CC1. The number of nitrogens with one attached hydrogen (secondary N) is 3. The van der Waals surface area contributed by atoms with Gasteiger partial charge in [-0.25, -0.2) is 4.98 Å². The molecule has 2 aliphatic heterocycles. The van der Waals surface area contributed by atoms with Crippen LogP contribution in [-0.4, -0.2) is 39.8 Å². The molecule has 2 amide bonds. The molecule has 2 aromatic carbocycles. The van der Waals surface area contributed by atoms with Crippen molar-refractivity contribution >= 4 is 46.6 Å². The number of anilines is 4. The maximum atomic E-state index is 13.4. The summed E-state index contributed by atoms with van der Waals surface area (Å²) in [6.07, 6.45) is 12.2. The number of piperidine rings is 1. The number of halogens is 1. The van der Waals surface area contributed by atoms with E-state index in [-0.39, 0.29) is 17.7 Å². The predicted octanol–water partition coefficient (Wildman–Crippen LogP) is 6.11. The van der Waals surface area contributed by atoms with Crippen LogP contribution in [0.3, 0.4) is 0 Å². The number of rotatable bonds is 4. The summed E-state index contributed by atoms with van der Waals surface area (Å²) in [4.78, 5) is 37.0. The third-order valence-corrected chi connectivity index (χ3v) is 8.28. The number of aromatic nitrogens is 2. The van der Waals surface area contributed by atoms with Gasteiger partial charge in [0.15, 0.2) is 5.82 Å². The van der Waals surface area contributed by atoms with Gasteiger partial charge >= 0.3 is 0 Å². The molecule has 1 atom stereocenters. The zero-order chi connectivity index (χ0) is 28.2. The van der Waals surface area contributed by atoms with Crippen molar-refractivity contribution in [2.75, 3.05) is 29.0 Å². The van der Waals surface area contributed by atoms with Gasteiger partial charge in [-0.15, -0.1) is 0 Å². The molecule has 9 heteroatoms. The van der Waals surface area contributed by atoms with Crippen LogP contribution in [0.4, 0.5) is 23.1 Å². The second-order valence-corrected chi connectivity index (χ2v) is 11.3. The molecule has 3 N–H and O–H groups in total. The van der Waals surface area contributed by atoms with Crippen LogP contribution in [0.5, 0.6) is 0 Å². The lowest BCUT2D eigenvalue weighted by molar-refractivity contribution is -0.133. The predicted molar refractivity (Wildman–Crippen MR) is 162 cm³/mol. The van der Waals surface area contributed by atoms with Crippen molar-refractivity contribution in [2.24, 2.45) is 11.8 Å². The molecule has 3 aromatic rings. The molecule has 1 saturated heterocycles. The van der Waals surface area contributed by atoms with Gasteiger partial charge in [0.25, 0.3) is 0 Å². The van der Waals surface area contributed by atoms with Gasteiger partial charge in [-0.05, 0) is 73.4 Å². The third-order valence-electron chi connectivity index (χ3n) is 8.01. The van der Waals surface area contributed by atoms with E-state index in [1.165, 1.54) is 0 Å². The first-order valence-electron chi connectivity index (χ1n) is 14.2. The second-order valence-electron chi connectivity index (χ2n) is 10.9. The van der Waals surface area contributed by atoms with E-state index in [1.54, 1.807) is 6.20 Å². The van der Waals surface area contributed by atoms with Crippen molar-refractivity contribution in [2.45, 2.75) is 38.5 Å². The van der Waals surface area contributed by atoms with E-state index in [4.69, 9.17) is 11.6 Å². The summed E-state index contributed by atoms with van der Waals surface area (Å²) in [5.74, 6) is 1.36. The average Bonchev–Trinajstić information content (AvgIpc) is 2.99. The fraction of sp³-hybridized carbons (Fsp3) is 0.312. The Kier molecular flexibility index (Phi) is 8.00. The van der Waals surface area contributed by atoms with Crippen LogP contribution in [0.1, 0.15) is 36.8 Å². The van der Waals surface area contributed by atoms with Crippen LogP contribution in [-0.2, 0) is 22.4 Å². The molecule has 6 rings (SSSR count). The number of allylic oxidation sites excluding steroid dienone is 4. The van der Waals surface area contributed by atoms with Crippen molar-refractivity contribution in [3.05, 3.63) is 94.8 Å². The van der Waals surface area contributed by atoms with Crippen LogP contribution in [0, 0.1) is 11.8 Å². The first-order chi connectivity index (χ1) is 20.0. The Morgan fingerprint density at radius 1 is 1.05 bits per heavy atom. The van der Waals surface area contributed by atoms with Crippen LogP contribution < -0.4 is 16.0 Å². The summed E-state index contributed by atoms with van der Waals surface area (Å²) in [7, 11) is 0. The highest BCUT2D eigenvalue weighted by Crippen LogP contribution is 2.32. The lowest BCUT2D eigenvalue weighted by Crippen LogP contribution is -2.42. The number of likely N-dealkylation sites (tertiary alicyclic amines) is 1. The monoisotopic (exact) mass is 568 g/mol. The molecule has 0 saturated carbocycles. The summed E-state index contributed by atoms with van der Waals surface area (Å²) < 4.78 is 0. The van der Waals surface area contributed by atoms with E-state index >= 15 is 0 Å². The number of aryl methyl sites for hydroxylation is 1. The van der Waals surface area contributed by atoms with E-state index in [0.717, 1.165) is 47.5 Å². The first-order valence-corrected chi connectivity index (χ1v) is 14.6. The lowest BCUT2D eigenvalue weighted by atomic mass is 9.91. The molecular weight excluding hydrogens is 536 g/mol. The number of carbonyl (C=O) groups is 2. The molecule has 0 radical (unpaired) electrons. The minimum absolute atomic E-state index is 0.00972. The van der Waals surface area contributed by atoms with Crippen molar-refractivity contribution in [3.63, 3.8) is 0 Å². The third kappa shape index (κ3) is 6.60. The van der Waals surface area contributed by atoms with Gasteiger partial charge in [-0.1, -0.05) is 54.1 Å². The van der Waals surface area contributed by atoms with Crippen LogP contribution >= 0.6 is 11.6 Å². The van der Waals surface area contributed by atoms with Gasteiger partial charge in [0.05, 0.1) is 12.6 Å². The minimum Gasteiger partial charge on any atom is -0.342 e. The van der Waals surface area contributed by atoms with Gasteiger partial charge < -0.3 is 20.9 Å². The zero-order valence-electron chi connectivity index (χ0n) is 22.8. The number of hydrogen-bond donors (Lipinski definition) is 3. The van der Waals surface area contributed by atoms with Gasteiger partial charge in [-0.3, -0.25) is 9.59 Å². The topological polar surface area (TPSA) is 99.2 Å². The van der Waals surface area contributed by atoms with Crippen molar-refractivity contribution < 1.29 is 9.59 Å². The van der Waals surface area contributed by atoms with Crippen molar-refractivity contribution in [3.8, 4) is 0 Å². The van der Waals surface area contributed by atoms with Crippen LogP contribution in [0.15, 0.2) is 78.7 Å². The number of amides is 2. The highest BCUT2D eigenvalue weighted by molar-refractivity contribution is 6.32. The van der Waals surface area contributed by atoms with Gasteiger partial charge in [0, 0.05) is 36.1 Å². The van der Waals surface area contributed by atoms with Gasteiger partial charge in [-0.2, -0.15) is 4.98 Å². The maximum Gasteiger partial charge on any atom is 0.228 e.